The summed E-state index contributed by atoms with van der Waals surface area (Å²) in [5.74, 6) is -0.645. The largest absolute Gasteiger partial charge is 0.356 e. The number of carbonyl (C=O) groups excluding carboxylic acids is 2. The van der Waals surface area contributed by atoms with Crippen LogP contribution >= 0.6 is 0 Å². The van der Waals surface area contributed by atoms with E-state index in [4.69, 9.17) is 0 Å². The molecule has 2 amide bonds. The average Bonchev–Trinajstić information content (AvgIpc) is 3.18. The van der Waals surface area contributed by atoms with Crippen LogP contribution in [0.4, 0.5) is 4.39 Å². The van der Waals surface area contributed by atoms with Crippen molar-refractivity contribution in [3.63, 3.8) is 0 Å². The van der Waals surface area contributed by atoms with Gasteiger partial charge >= 0.3 is 0 Å². The summed E-state index contributed by atoms with van der Waals surface area (Å²) in [6, 6.07) is 13.7. The molecule has 4 rings (SSSR count). The second-order valence-corrected chi connectivity index (χ2v) is 7.93. The molecule has 0 radical (unpaired) electrons. The first-order valence-electron chi connectivity index (χ1n) is 10.7. The van der Waals surface area contributed by atoms with Crippen molar-refractivity contribution in [3.05, 3.63) is 88.5 Å². The Labute approximate surface area is 191 Å². The number of fused-ring (bicyclic) bond motifs is 1. The van der Waals surface area contributed by atoms with E-state index < -0.39 is 0 Å². The third-order valence-electron chi connectivity index (χ3n) is 5.78. The first kappa shape index (κ1) is 22.2. The van der Waals surface area contributed by atoms with E-state index in [1.165, 1.54) is 6.07 Å². The number of hydrogen-bond acceptors (Lipinski definition) is 3. The molecule has 0 saturated carbocycles. The molecule has 2 aromatic heterocycles. The third-order valence-corrected chi connectivity index (χ3v) is 5.78. The number of carbonyl (C=O) groups is 2. The maximum atomic E-state index is 14.2. The van der Waals surface area contributed by atoms with Gasteiger partial charge in [0, 0.05) is 47.6 Å². The summed E-state index contributed by atoms with van der Waals surface area (Å²) in [6.07, 6.45) is 2.17. The normalized spacial score (nSPS) is 10.9. The molecule has 2 heterocycles. The maximum absolute atomic E-state index is 14.2. The molecule has 2 aromatic carbocycles. The monoisotopic (exact) mass is 444 g/mol. The molecule has 168 valence electrons. The van der Waals surface area contributed by atoms with Gasteiger partial charge in [0.15, 0.2) is 0 Å². The van der Waals surface area contributed by atoms with E-state index in [0.29, 0.717) is 35.3 Å². The van der Waals surface area contributed by atoms with E-state index >= 15 is 0 Å². The second-order valence-electron chi connectivity index (χ2n) is 7.93. The van der Waals surface area contributed by atoms with E-state index in [1.54, 1.807) is 55.7 Å². The molecular weight excluding hydrogens is 419 g/mol. The van der Waals surface area contributed by atoms with Crippen molar-refractivity contribution < 1.29 is 14.0 Å². The molecule has 3 N–H and O–H groups in total. The van der Waals surface area contributed by atoms with Gasteiger partial charge in [0.1, 0.15) is 5.82 Å². The number of nitrogens with zero attached hydrogens (tertiary/aromatic N) is 1. The molecule has 0 bridgehead atoms. The smallest absolute Gasteiger partial charge is 0.251 e. The first-order chi connectivity index (χ1) is 15.9. The fourth-order valence-corrected chi connectivity index (χ4v) is 4.02. The van der Waals surface area contributed by atoms with E-state index in [9.17, 15) is 14.0 Å². The van der Waals surface area contributed by atoms with Crippen molar-refractivity contribution in [2.45, 2.75) is 20.3 Å². The highest BCUT2D eigenvalue weighted by Gasteiger charge is 2.15. The number of hydrogen-bond donors (Lipinski definition) is 3. The van der Waals surface area contributed by atoms with E-state index in [1.807, 2.05) is 13.8 Å². The molecule has 0 fully saturated rings. The van der Waals surface area contributed by atoms with Crippen LogP contribution < -0.4 is 10.6 Å². The van der Waals surface area contributed by atoms with Gasteiger partial charge in [0.25, 0.3) is 11.8 Å². The van der Waals surface area contributed by atoms with Crippen molar-refractivity contribution in [3.8, 4) is 11.3 Å². The van der Waals surface area contributed by atoms with Crippen LogP contribution in [0.1, 0.15) is 37.5 Å². The van der Waals surface area contributed by atoms with Crippen LogP contribution in [0.5, 0.6) is 0 Å². The minimum atomic E-state index is -0.276. The number of aromatic nitrogens is 2. The molecule has 0 spiro atoms. The zero-order valence-corrected chi connectivity index (χ0v) is 18.8. The van der Waals surface area contributed by atoms with Gasteiger partial charge in [-0.1, -0.05) is 18.2 Å². The summed E-state index contributed by atoms with van der Waals surface area (Å²) in [7, 11) is 1.58. The van der Waals surface area contributed by atoms with Crippen LogP contribution in [-0.2, 0) is 6.42 Å². The Morgan fingerprint density at radius 2 is 1.76 bits per heavy atom. The summed E-state index contributed by atoms with van der Waals surface area (Å²) in [4.78, 5) is 31.9. The Hall–Kier alpha value is -4.00. The Morgan fingerprint density at radius 1 is 1.00 bits per heavy atom. The zero-order valence-electron chi connectivity index (χ0n) is 18.8. The molecule has 7 heteroatoms. The highest BCUT2D eigenvalue weighted by molar-refractivity contribution is 5.96. The predicted octanol–water partition coefficient (Wildman–Crippen LogP) is 4.32. The van der Waals surface area contributed by atoms with Gasteiger partial charge in [0.05, 0.1) is 11.2 Å². The lowest BCUT2D eigenvalue weighted by atomic mass is 10.0. The number of pyridine rings is 1. The molecular formula is C26H25FN4O2. The Bertz CT molecular complexity index is 1340. The molecule has 0 saturated heterocycles. The van der Waals surface area contributed by atoms with Gasteiger partial charge in [-0.2, -0.15) is 0 Å². The fourth-order valence-electron chi connectivity index (χ4n) is 4.02. The van der Waals surface area contributed by atoms with Crippen LogP contribution in [0.2, 0.25) is 0 Å². The van der Waals surface area contributed by atoms with Gasteiger partial charge in [-0.25, -0.2) is 4.39 Å². The summed E-state index contributed by atoms with van der Waals surface area (Å²) >= 11 is 0. The van der Waals surface area contributed by atoms with Crippen molar-refractivity contribution in [2.75, 3.05) is 13.6 Å². The minimum absolute atomic E-state index is 0.161. The predicted molar refractivity (Wildman–Crippen MR) is 127 cm³/mol. The third kappa shape index (κ3) is 4.48. The Balaban J connectivity index is 1.46. The van der Waals surface area contributed by atoms with E-state index in [-0.39, 0.29) is 17.6 Å². The van der Waals surface area contributed by atoms with Gasteiger partial charge < -0.3 is 15.6 Å². The lowest BCUT2D eigenvalue weighted by molar-refractivity contribution is 0.0949. The number of halogens is 1. The summed E-state index contributed by atoms with van der Waals surface area (Å²) in [5, 5.41) is 6.41. The first-order valence-corrected chi connectivity index (χ1v) is 10.7. The van der Waals surface area contributed by atoms with Crippen LogP contribution in [0.25, 0.3) is 22.2 Å². The topological polar surface area (TPSA) is 86.9 Å². The number of amides is 2. The lowest BCUT2D eigenvalue weighted by Gasteiger charge is -2.08. The molecule has 0 unspecified atom stereocenters. The standard InChI is InChI=1S/C26H25FN4O2/c1-15-4-9-21(27)24-23(15)20(16(2)31-24)11-13-30-26(33)19-10-12-29-22(14-19)17-5-7-18(8-6-17)25(32)28-3/h4-10,12,14,31H,11,13H2,1-3H3,(H,28,32)(H,30,33). The quantitative estimate of drug-likeness (QED) is 0.414. The van der Waals surface area contributed by atoms with E-state index in [0.717, 1.165) is 27.8 Å². The number of H-pyrrole nitrogens is 1. The van der Waals surface area contributed by atoms with Crippen molar-refractivity contribution in [1.29, 1.82) is 0 Å². The van der Waals surface area contributed by atoms with E-state index in [2.05, 4.69) is 20.6 Å². The highest BCUT2D eigenvalue weighted by Crippen LogP contribution is 2.28. The minimum Gasteiger partial charge on any atom is -0.356 e. The molecule has 0 aliphatic heterocycles. The number of nitrogens with one attached hydrogen (secondary N) is 3. The number of benzene rings is 2. The molecule has 4 aromatic rings. The maximum Gasteiger partial charge on any atom is 0.251 e. The summed E-state index contributed by atoms with van der Waals surface area (Å²) < 4.78 is 14.2. The summed E-state index contributed by atoms with van der Waals surface area (Å²) in [5.41, 5.74) is 5.92. The highest BCUT2D eigenvalue weighted by atomic mass is 19.1. The van der Waals surface area contributed by atoms with Gasteiger partial charge in [-0.05, 0) is 61.7 Å². The number of rotatable bonds is 6. The molecule has 33 heavy (non-hydrogen) atoms. The van der Waals surface area contributed by atoms with Gasteiger partial charge in [-0.3, -0.25) is 14.6 Å². The SMILES string of the molecule is CNC(=O)c1ccc(-c2cc(C(=O)NCCc3c(C)[nH]c4c(F)ccc(C)c34)ccn2)cc1. The fraction of sp³-hybridized carbons (Fsp3) is 0.192. The lowest BCUT2D eigenvalue weighted by Crippen LogP contribution is -2.25. The van der Waals surface area contributed by atoms with Crippen LogP contribution in [0, 0.1) is 19.7 Å². The molecule has 6 nitrogen and oxygen atoms in total. The van der Waals surface area contributed by atoms with Crippen molar-refractivity contribution in [1.82, 2.24) is 20.6 Å². The number of aryl methyl sites for hydroxylation is 2. The summed E-state index contributed by atoms with van der Waals surface area (Å²) in [6.45, 7) is 4.29. The van der Waals surface area contributed by atoms with Crippen LogP contribution in [0.3, 0.4) is 0 Å². The molecule has 0 aliphatic carbocycles. The Morgan fingerprint density at radius 3 is 2.48 bits per heavy atom. The van der Waals surface area contributed by atoms with Crippen molar-refractivity contribution >= 4 is 22.7 Å². The van der Waals surface area contributed by atoms with Crippen molar-refractivity contribution in [2.24, 2.45) is 0 Å². The second kappa shape index (κ2) is 9.24. The van der Waals surface area contributed by atoms with Gasteiger partial charge in [0.2, 0.25) is 0 Å². The molecule has 0 aliphatic rings. The van der Waals surface area contributed by atoms with Gasteiger partial charge in [-0.15, -0.1) is 0 Å². The Kier molecular flexibility index (Phi) is 6.22. The number of aromatic amines is 1. The molecule has 0 atom stereocenters. The average molecular weight is 445 g/mol. The van der Waals surface area contributed by atoms with Crippen LogP contribution in [-0.4, -0.2) is 35.4 Å². The zero-order chi connectivity index (χ0) is 23.5. The van der Waals surface area contributed by atoms with Crippen LogP contribution in [0.15, 0.2) is 54.7 Å².